The molecule has 0 fully saturated rings. The van der Waals surface area contributed by atoms with E-state index in [1.54, 1.807) is 17.1 Å². The van der Waals surface area contributed by atoms with Crippen molar-refractivity contribution in [3.8, 4) is 0 Å². The second-order valence-electron chi connectivity index (χ2n) is 3.74. The summed E-state index contributed by atoms with van der Waals surface area (Å²) >= 11 is 0. The van der Waals surface area contributed by atoms with Crippen molar-refractivity contribution in [3.63, 3.8) is 0 Å². The fourth-order valence-corrected chi connectivity index (χ4v) is 1.38. The number of nitrogens with zero attached hydrogens (tertiary/aromatic N) is 3. The third-order valence-corrected chi connectivity index (χ3v) is 2.24. The third kappa shape index (κ3) is 2.28. The first-order chi connectivity index (χ1) is 7.65. The van der Waals surface area contributed by atoms with Crippen LogP contribution in [0.2, 0.25) is 0 Å². The lowest BCUT2D eigenvalue weighted by Gasteiger charge is -1.96. The van der Waals surface area contributed by atoms with Crippen LogP contribution in [-0.4, -0.2) is 15.9 Å². The maximum absolute atomic E-state index is 5.67. The van der Waals surface area contributed by atoms with Gasteiger partial charge < -0.3 is 5.73 Å². The summed E-state index contributed by atoms with van der Waals surface area (Å²) in [5.41, 5.74) is 8.80. The molecule has 0 atom stereocenters. The smallest absolute Gasteiger partial charge is 0.221 e. The van der Waals surface area contributed by atoms with Crippen LogP contribution >= 0.6 is 0 Å². The topological polar surface area (TPSA) is 56.2 Å². The molecule has 0 unspecified atom stereocenters. The van der Waals surface area contributed by atoms with Gasteiger partial charge in [-0.05, 0) is 19.4 Å². The van der Waals surface area contributed by atoms with Crippen LogP contribution in [0.25, 0.3) is 0 Å². The van der Waals surface area contributed by atoms with Crippen molar-refractivity contribution in [1.29, 1.82) is 0 Å². The van der Waals surface area contributed by atoms with E-state index in [0.29, 0.717) is 5.95 Å². The second kappa shape index (κ2) is 4.18. The fraction of sp³-hybridized carbons (Fsp3) is 0.167. The Bertz CT molecular complexity index is 508. The lowest BCUT2D eigenvalue weighted by molar-refractivity contribution is 0.897. The Morgan fingerprint density at radius 2 is 1.94 bits per heavy atom. The largest absolute Gasteiger partial charge is 0.368 e. The molecule has 0 spiro atoms. The number of benzene rings is 1. The number of aromatic nitrogens is 2. The van der Waals surface area contributed by atoms with Gasteiger partial charge in [-0.15, -0.1) is 0 Å². The van der Waals surface area contributed by atoms with Gasteiger partial charge in [0.2, 0.25) is 5.95 Å². The van der Waals surface area contributed by atoms with Crippen molar-refractivity contribution >= 4 is 12.2 Å². The van der Waals surface area contributed by atoms with Gasteiger partial charge in [0.15, 0.2) is 0 Å². The van der Waals surface area contributed by atoms with E-state index in [4.69, 9.17) is 5.73 Å². The normalized spacial score (nSPS) is 11.1. The molecule has 0 saturated heterocycles. The predicted octanol–water partition coefficient (Wildman–Crippen LogP) is 1.96. The summed E-state index contributed by atoms with van der Waals surface area (Å²) in [6, 6.07) is 8.12. The number of hydrogen-bond donors (Lipinski definition) is 1. The molecule has 0 aliphatic heterocycles. The monoisotopic (exact) mass is 214 g/mol. The van der Waals surface area contributed by atoms with E-state index in [-0.39, 0.29) is 0 Å². The second-order valence-corrected chi connectivity index (χ2v) is 3.74. The number of anilines is 1. The molecule has 1 aromatic heterocycles. The maximum Gasteiger partial charge on any atom is 0.221 e. The average Bonchev–Trinajstić information content (AvgIpc) is 2.57. The van der Waals surface area contributed by atoms with E-state index in [1.807, 2.05) is 31.2 Å². The molecule has 1 aromatic carbocycles. The summed E-state index contributed by atoms with van der Waals surface area (Å²) in [5, 5.41) is 4.23. The van der Waals surface area contributed by atoms with Crippen molar-refractivity contribution in [2.75, 3.05) is 5.73 Å². The zero-order valence-electron chi connectivity index (χ0n) is 9.38. The average molecular weight is 214 g/mol. The molecular weight excluding hydrogens is 200 g/mol. The Kier molecular flexibility index (Phi) is 2.72. The molecule has 2 rings (SSSR count). The SMILES string of the molecule is Cc1ccc(C=Nn2cc(C)nc2N)cc1. The highest BCUT2D eigenvalue weighted by Crippen LogP contribution is 2.04. The van der Waals surface area contributed by atoms with Gasteiger partial charge in [-0.1, -0.05) is 29.8 Å². The van der Waals surface area contributed by atoms with Gasteiger partial charge in [-0.3, -0.25) is 0 Å². The van der Waals surface area contributed by atoms with Gasteiger partial charge in [0.25, 0.3) is 0 Å². The maximum atomic E-state index is 5.67. The van der Waals surface area contributed by atoms with E-state index in [0.717, 1.165) is 11.3 Å². The fourth-order valence-electron chi connectivity index (χ4n) is 1.38. The number of rotatable bonds is 2. The Morgan fingerprint density at radius 3 is 2.50 bits per heavy atom. The zero-order chi connectivity index (χ0) is 11.5. The van der Waals surface area contributed by atoms with E-state index >= 15 is 0 Å². The Morgan fingerprint density at radius 1 is 1.25 bits per heavy atom. The van der Waals surface area contributed by atoms with Crippen LogP contribution in [0.1, 0.15) is 16.8 Å². The van der Waals surface area contributed by atoms with Gasteiger partial charge >= 0.3 is 0 Å². The minimum atomic E-state index is 0.404. The van der Waals surface area contributed by atoms with Crippen LogP contribution in [0.3, 0.4) is 0 Å². The number of aryl methyl sites for hydroxylation is 2. The molecule has 2 N–H and O–H groups in total. The van der Waals surface area contributed by atoms with Gasteiger partial charge in [0.1, 0.15) is 0 Å². The Hall–Kier alpha value is -2.10. The summed E-state index contributed by atoms with van der Waals surface area (Å²) in [7, 11) is 0. The van der Waals surface area contributed by atoms with Gasteiger partial charge in [-0.25, -0.2) is 9.66 Å². The molecular formula is C12H14N4. The quantitative estimate of drug-likeness (QED) is 0.777. The number of nitrogen functional groups attached to an aromatic ring is 1. The lowest BCUT2D eigenvalue weighted by atomic mass is 10.2. The van der Waals surface area contributed by atoms with E-state index in [1.165, 1.54) is 5.56 Å². The summed E-state index contributed by atoms with van der Waals surface area (Å²) < 4.78 is 1.56. The van der Waals surface area contributed by atoms with E-state index in [9.17, 15) is 0 Å². The molecule has 16 heavy (non-hydrogen) atoms. The molecule has 2 aromatic rings. The highest BCUT2D eigenvalue weighted by molar-refractivity contribution is 5.79. The molecule has 0 saturated carbocycles. The first-order valence-corrected chi connectivity index (χ1v) is 5.07. The van der Waals surface area contributed by atoms with Crippen LogP contribution < -0.4 is 5.73 Å². The first kappa shape index (κ1) is 10.4. The van der Waals surface area contributed by atoms with E-state index < -0.39 is 0 Å². The molecule has 82 valence electrons. The molecule has 0 aliphatic carbocycles. The van der Waals surface area contributed by atoms with Gasteiger partial charge in [0, 0.05) is 0 Å². The Balaban J connectivity index is 2.21. The van der Waals surface area contributed by atoms with Crippen LogP contribution in [0.15, 0.2) is 35.6 Å². The third-order valence-electron chi connectivity index (χ3n) is 2.24. The summed E-state index contributed by atoms with van der Waals surface area (Å²) in [5.74, 6) is 0.404. The standard InChI is InChI=1S/C12H14N4/c1-9-3-5-11(6-4-9)7-14-16-8-10(2)15-12(16)13/h3-8H,1-2H3,(H2,13,15). The molecule has 4 nitrogen and oxygen atoms in total. The van der Waals surface area contributed by atoms with Gasteiger partial charge in [0.05, 0.1) is 18.1 Å². The summed E-state index contributed by atoms with van der Waals surface area (Å²) in [6.07, 6.45) is 3.55. The molecule has 4 heteroatoms. The van der Waals surface area contributed by atoms with Crippen molar-refractivity contribution in [3.05, 3.63) is 47.3 Å². The highest BCUT2D eigenvalue weighted by atomic mass is 15.4. The first-order valence-electron chi connectivity index (χ1n) is 5.07. The van der Waals surface area contributed by atoms with Crippen LogP contribution in [-0.2, 0) is 0 Å². The highest BCUT2D eigenvalue weighted by Gasteiger charge is 1.97. The van der Waals surface area contributed by atoms with Crippen LogP contribution in [0.4, 0.5) is 5.95 Å². The van der Waals surface area contributed by atoms with Crippen LogP contribution in [0, 0.1) is 13.8 Å². The lowest BCUT2D eigenvalue weighted by Crippen LogP contribution is -1.96. The van der Waals surface area contributed by atoms with Crippen molar-refractivity contribution in [2.24, 2.45) is 5.10 Å². The zero-order valence-corrected chi connectivity index (χ0v) is 9.38. The number of nitrogens with two attached hydrogens (primary N) is 1. The molecule has 0 radical (unpaired) electrons. The number of imidazole rings is 1. The van der Waals surface area contributed by atoms with Gasteiger partial charge in [-0.2, -0.15) is 5.10 Å². The summed E-state index contributed by atoms with van der Waals surface area (Å²) in [4.78, 5) is 4.06. The van der Waals surface area contributed by atoms with Crippen molar-refractivity contribution < 1.29 is 0 Å². The molecule has 1 heterocycles. The number of hydrogen-bond acceptors (Lipinski definition) is 3. The molecule has 0 bridgehead atoms. The molecule has 0 amide bonds. The summed E-state index contributed by atoms with van der Waals surface area (Å²) in [6.45, 7) is 3.94. The molecule has 0 aliphatic rings. The van der Waals surface area contributed by atoms with E-state index in [2.05, 4.69) is 17.0 Å². The van der Waals surface area contributed by atoms with Crippen LogP contribution in [0.5, 0.6) is 0 Å². The van der Waals surface area contributed by atoms with Crippen molar-refractivity contribution in [1.82, 2.24) is 9.66 Å². The minimum absolute atomic E-state index is 0.404. The minimum Gasteiger partial charge on any atom is -0.368 e. The Labute approximate surface area is 94.4 Å². The van der Waals surface area contributed by atoms with Crippen molar-refractivity contribution in [2.45, 2.75) is 13.8 Å². The predicted molar refractivity (Wildman–Crippen MR) is 65.5 cm³/mol.